The van der Waals surface area contributed by atoms with Crippen molar-refractivity contribution in [3.05, 3.63) is 59.7 Å². The van der Waals surface area contributed by atoms with Crippen molar-refractivity contribution < 1.29 is 19.4 Å². The van der Waals surface area contributed by atoms with E-state index in [4.69, 9.17) is 9.84 Å². The number of carbonyl (C=O) groups is 2. The van der Waals surface area contributed by atoms with Gasteiger partial charge in [-0.15, -0.1) is 0 Å². The number of carbonyl (C=O) groups excluding carboxylic acids is 1. The third-order valence-corrected chi connectivity index (χ3v) is 4.28. The second-order valence-corrected chi connectivity index (χ2v) is 6.18. The average Bonchev–Trinajstić information content (AvgIpc) is 2.91. The van der Waals surface area contributed by atoms with Crippen LogP contribution in [-0.4, -0.2) is 35.0 Å². The molecule has 0 bridgehead atoms. The normalized spacial score (nSPS) is 12.4. The Morgan fingerprint density at radius 3 is 2.08 bits per heavy atom. The van der Waals surface area contributed by atoms with Crippen molar-refractivity contribution in [3.8, 4) is 11.1 Å². The first-order valence-corrected chi connectivity index (χ1v) is 8.13. The largest absolute Gasteiger partial charge is 0.464 e. The van der Waals surface area contributed by atoms with Crippen LogP contribution in [0.2, 0.25) is 0 Å². The molecule has 1 aliphatic carbocycles. The van der Waals surface area contributed by atoms with Gasteiger partial charge in [-0.2, -0.15) is 0 Å². The van der Waals surface area contributed by atoms with Gasteiger partial charge in [-0.3, -0.25) is 0 Å². The first kappa shape index (κ1) is 16.8. The van der Waals surface area contributed by atoms with Crippen molar-refractivity contribution in [1.82, 2.24) is 10.4 Å². The zero-order valence-corrected chi connectivity index (χ0v) is 14.1. The number of nitrogens with zero attached hydrogens (tertiary/aromatic N) is 1. The lowest BCUT2D eigenvalue weighted by Gasteiger charge is -2.23. The Morgan fingerprint density at radius 1 is 1.08 bits per heavy atom. The van der Waals surface area contributed by atoms with Crippen molar-refractivity contribution in [2.75, 3.05) is 6.61 Å². The van der Waals surface area contributed by atoms with Crippen LogP contribution in [0.1, 0.15) is 30.9 Å². The van der Waals surface area contributed by atoms with Crippen LogP contribution in [0.5, 0.6) is 0 Å². The predicted octanol–water partition coefficient (Wildman–Crippen LogP) is 3.83. The van der Waals surface area contributed by atoms with E-state index in [0.29, 0.717) is 0 Å². The zero-order valence-electron chi connectivity index (χ0n) is 14.1. The fourth-order valence-electron chi connectivity index (χ4n) is 3.13. The number of rotatable bonds is 3. The third-order valence-electron chi connectivity index (χ3n) is 4.28. The van der Waals surface area contributed by atoms with Gasteiger partial charge in [0.25, 0.3) is 0 Å². The topological polar surface area (TPSA) is 78.9 Å². The molecule has 0 atom stereocenters. The monoisotopic (exact) mass is 340 g/mol. The van der Waals surface area contributed by atoms with Gasteiger partial charge in [0, 0.05) is 5.92 Å². The van der Waals surface area contributed by atoms with Gasteiger partial charge in [0.05, 0.1) is 6.04 Å². The highest BCUT2D eigenvalue weighted by Crippen LogP contribution is 2.44. The lowest BCUT2D eigenvalue weighted by atomic mass is 9.98. The molecule has 6 heteroatoms. The lowest BCUT2D eigenvalue weighted by molar-refractivity contribution is 0.0786. The number of hydrogen-bond donors (Lipinski definition) is 2. The number of fused-ring (bicyclic) bond motifs is 3. The Hall–Kier alpha value is -3.02. The number of amides is 2. The van der Waals surface area contributed by atoms with E-state index in [1.54, 1.807) is 13.8 Å². The molecule has 3 rings (SSSR count). The summed E-state index contributed by atoms with van der Waals surface area (Å²) in [5.41, 5.74) is 6.75. The van der Waals surface area contributed by atoms with Crippen molar-refractivity contribution in [2.45, 2.75) is 25.8 Å². The Kier molecular flexibility index (Phi) is 4.61. The van der Waals surface area contributed by atoms with Gasteiger partial charge < -0.3 is 9.84 Å². The third kappa shape index (κ3) is 3.28. The lowest BCUT2D eigenvalue weighted by Crippen LogP contribution is -2.49. The quantitative estimate of drug-likeness (QED) is 0.832. The number of hydrazine groups is 1. The molecule has 0 aromatic heterocycles. The van der Waals surface area contributed by atoms with Crippen LogP contribution in [0.4, 0.5) is 9.59 Å². The van der Waals surface area contributed by atoms with E-state index in [1.165, 1.54) is 0 Å². The van der Waals surface area contributed by atoms with Gasteiger partial charge in [0.1, 0.15) is 6.61 Å². The van der Waals surface area contributed by atoms with Gasteiger partial charge in [-0.05, 0) is 36.1 Å². The summed E-state index contributed by atoms with van der Waals surface area (Å²) < 4.78 is 5.32. The smallest absolute Gasteiger partial charge is 0.426 e. The number of nitrogens with one attached hydrogen (secondary N) is 1. The maximum Gasteiger partial charge on any atom is 0.426 e. The maximum absolute atomic E-state index is 12.0. The molecule has 0 saturated carbocycles. The minimum absolute atomic E-state index is 0.0597. The van der Waals surface area contributed by atoms with E-state index in [9.17, 15) is 9.59 Å². The van der Waals surface area contributed by atoms with E-state index in [1.807, 2.05) is 36.4 Å². The molecule has 6 nitrogen and oxygen atoms in total. The van der Waals surface area contributed by atoms with Crippen molar-refractivity contribution in [2.24, 2.45) is 0 Å². The number of hydrogen-bond acceptors (Lipinski definition) is 3. The number of ether oxygens (including phenoxy) is 1. The molecule has 2 aromatic rings. The van der Waals surface area contributed by atoms with E-state index in [-0.39, 0.29) is 12.5 Å². The fourth-order valence-corrected chi connectivity index (χ4v) is 3.13. The molecule has 0 radical (unpaired) electrons. The highest BCUT2D eigenvalue weighted by atomic mass is 16.6. The van der Waals surface area contributed by atoms with Crippen LogP contribution < -0.4 is 5.43 Å². The Morgan fingerprint density at radius 2 is 1.60 bits per heavy atom. The summed E-state index contributed by atoms with van der Waals surface area (Å²) >= 11 is 0. The minimum Gasteiger partial charge on any atom is -0.464 e. The molecule has 0 fully saturated rings. The fraction of sp³-hybridized carbons (Fsp3) is 0.263. The molecule has 2 amide bonds. The summed E-state index contributed by atoms with van der Waals surface area (Å²) in [6, 6.07) is 15.7. The standard InChI is InChI=1S/C19H20N2O4/c1-12(2)21(19(23)24)20-18(22)25-11-17-15-9-5-3-7-13(15)14-8-4-6-10-16(14)17/h3-10,12,17H,11H2,1-2H3,(H,20,22)(H,23,24). The molecule has 0 heterocycles. The second kappa shape index (κ2) is 6.84. The van der Waals surface area contributed by atoms with Gasteiger partial charge in [-0.25, -0.2) is 20.0 Å². The van der Waals surface area contributed by atoms with Crippen LogP contribution in [0.3, 0.4) is 0 Å². The van der Waals surface area contributed by atoms with Crippen molar-refractivity contribution in [1.29, 1.82) is 0 Å². The summed E-state index contributed by atoms with van der Waals surface area (Å²) in [5, 5.41) is 9.91. The molecular formula is C19H20N2O4. The van der Waals surface area contributed by atoms with Crippen LogP contribution in [0, 0.1) is 0 Å². The van der Waals surface area contributed by atoms with Crippen LogP contribution in [0.15, 0.2) is 48.5 Å². The SMILES string of the molecule is CC(C)N(NC(=O)OCC1c2ccccc2-c2ccccc21)C(=O)O. The summed E-state index contributed by atoms with van der Waals surface area (Å²) in [5.74, 6) is -0.0597. The Bertz CT molecular complexity index is 758. The molecule has 25 heavy (non-hydrogen) atoms. The first-order chi connectivity index (χ1) is 12.0. The molecule has 0 unspecified atom stereocenters. The molecule has 0 spiro atoms. The first-order valence-electron chi connectivity index (χ1n) is 8.13. The zero-order chi connectivity index (χ0) is 18.0. The van der Waals surface area contributed by atoms with E-state index in [0.717, 1.165) is 27.3 Å². The van der Waals surface area contributed by atoms with Crippen LogP contribution >= 0.6 is 0 Å². The molecule has 2 aromatic carbocycles. The molecule has 0 aliphatic heterocycles. The summed E-state index contributed by atoms with van der Waals surface area (Å²) in [4.78, 5) is 23.1. The highest BCUT2D eigenvalue weighted by molar-refractivity contribution is 5.79. The maximum atomic E-state index is 12.0. The molecule has 0 saturated heterocycles. The summed E-state index contributed by atoms with van der Waals surface area (Å²) in [6.07, 6.45) is -2.01. The van der Waals surface area contributed by atoms with Crippen LogP contribution in [-0.2, 0) is 4.74 Å². The number of benzene rings is 2. The molecular weight excluding hydrogens is 320 g/mol. The van der Waals surface area contributed by atoms with E-state index in [2.05, 4.69) is 17.6 Å². The Labute approximate surface area is 146 Å². The van der Waals surface area contributed by atoms with Crippen LogP contribution in [0.25, 0.3) is 11.1 Å². The van der Waals surface area contributed by atoms with Crippen molar-refractivity contribution in [3.63, 3.8) is 0 Å². The number of carboxylic acid groups (broad SMARTS) is 1. The molecule has 1 aliphatic rings. The highest BCUT2D eigenvalue weighted by Gasteiger charge is 2.29. The Balaban J connectivity index is 1.73. The summed E-state index contributed by atoms with van der Waals surface area (Å²) in [7, 11) is 0. The van der Waals surface area contributed by atoms with Crippen molar-refractivity contribution >= 4 is 12.2 Å². The van der Waals surface area contributed by atoms with Gasteiger partial charge in [0.15, 0.2) is 0 Å². The van der Waals surface area contributed by atoms with E-state index < -0.39 is 18.2 Å². The van der Waals surface area contributed by atoms with Gasteiger partial charge in [0.2, 0.25) is 0 Å². The predicted molar refractivity (Wildman–Crippen MR) is 93.2 cm³/mol. The van der Waals surface area contributed by atoms with Gasteiger partial charge in [-0.1, -0.05) is 48.5 Å². The minimum atomic E-state index is -1.23. The molecule has 130 valence electrons. The second-order valence-electron chi connectivity index (χ2n) is 6.18. The van der Waals surface area contributed by atoms with E-state index >= 15 is 0 Å². The summed E-state index contributed by atoms with van der Waals surface area (Å²) in [6.45, 7) is 3.47. The average molecular weight is 340 g/mol. The van der Waals surface area contributed by atoms with Gasteiger partial charge >= 0.3 is 12.2 Å². The molecule has 2 N–H and O–H groups in total.